The Kier molecular flexibility index (Phi) is 10.7. The van der Waals surface area contributed by atoms with Crippen molar-refractivity contribution in [1.82, 2.24) is 0 Å². The first-order chi connectivity index (χ1) is 9.52. The molecule has 0 saturated carbocycles. The molecule has 0 heterocycles. The summed E-state index contributed by atoms with van der Waals surface area (Å²) in [4.78, 5) is 0. The summed E-state index contributed by atoms with van der Waals surface area (Å²) in [7, 11) is 0. The molecule has 0 N–H and O–H groups in total. The van der Waals surface area contributed by atoms with Gasteiger partial charge in [-0.2, -0.15) is 0 Å². The molecule has 0 amide bonds. The monoisotopic (exact) mass is 270 g/mol. The van der Waals surface area contributed by atoms with Crippen LogP contribution in [0.2, 0.25) is 0 Å². The highest BCUT2D eigenvalue weighted by molar-refractivity contribution is 5.05. The van der Waals surface area contributed by atoms with E-state index in [9.17, 15) is 0 Å². The summed E-state index contributed by atoms with van der Waals surface area (Å²) in [5.74, 6) is 21.3. The normalized spacial score (nSPS) is 22.3. The van der Waals surface area contributed by atoms with Crippen LogP contribution in [0.25, 0.3) is 0 Å². The molecule has 4 unspecified atom stereocenters. The van der Waals surface area contributed by atoms with Crippen molar-refractivity contribution >= 4 is 0 Å². The smallest absolute Gasteiger partial charge is 0.0117 e. The van der Waals surface area contributed by atoms with Crippen molar-refractivity contribution in [3.05, 3.63) is 0 Å². The summed E-state index contributed by atoms with van der Waals surface area (Å²) in [5, 5.41) is 0. The minimum atomic E-state index is 0.665. The summed E-state index contributed by atoms with van der Waals surface area (Å²) in [6, 6.07) is 0. The summed E-state index contributed by atoms with van der Waals surface area (Å²) >= 11 is 0. The van der Waals surface area contributed by atoms with Gasteiger partial charge in [-0.25, -0.2) is 0 Å². The zero-order chi connectivity index (χ0) is 15.4. The Morgan fingerprint density at radius 2 is 1.20 bits per heavy atom. The SMILES string of the molecule is CC#CCC(C)C(C)CC#CC.CC1CC#CCC1C. The lowest BCUT2D eigenvalue weighted by molar-refractivity contribution is 0.394. The molecule has 0 fully saturated rings. The maximum absolute atomic E-state index is 3.11. The van der Waals surface area contributed by atoms with Gasteiger partial charge in [0, 0.05) is 25.7 Å². The predicted octanol–water partition coefficient (Wildman–Crippen LogP) is 5.14. The highest BCUT2D eigenvalue weighted by atomic mass is 14.2. The molecule has 0 saturated heterocycles. The Hall–Kier alpha value is -1.32. The lowest BCUT2D eigenvalue weighted by atomic mass is 9.88. The maximum atomic E-state index is 3.11. The molecule has 0 spiro atoms. The molecule has 1 aliphatic carbocycles. The van der Waals surface area contributed by atoms with Crippen molar-refractivity contribution in [3.8, 4) is 35.5 Å². The van der Waals surface area contributed by atoms with Gasteiger partial charge in [-0.1, -0.05) is 27.7 Å². The molecule has 0 bridgehead atoms. The number of rotatable bonds is 3. The third-order valence-electron chi connectivity index (χ3n) is 4.12. The second-order valence-electron chi connectivity index (χ2n) is 5.93. The van der Waals surface area contributed by atoms with Gasteiger partial charge in [0.05, 0.1) is 0 Å². The van der Waals surface area contributed by atoms with Crippen molar-refractivity contribution < 1.29 is 0 Å². The van der Waals surface area contributed by atoms with E-state index in [0.717, 1.165) is 37.5 Å². The van der Waals surface area contributed by atoms with Crippen molar-refractivity contribution in [2.75, 3.05) is 0 Å². The van der Waals surface area contributed by atoms with Crippen LogP contribution in [0.1, 0.15) is 67.2 Å². The first-order valence-electron chi connectivity index (χ1n) is 7.77. The molecule has 0 aromatic heterocycles. The van der Waals surface area contributed by atoms with E-state index in [2.05, 4.69) is 63.2 Å². The molecule has 0 aromatic rings. The molecule has 0 radical (unpaired) electrons. The quantitative estimate of drug-likeness (QED) is 0.623. The molecule has 20 heavy (non-hydrogen) atoms. The van der Waals surface area contributed by atoms with Crippen LogP contribution in [-0.2, 0) is 0 Å². The zero-order valence-electron chi connectivity index (χ0n) is 14.1. The van der Waals surface area contributed by atoms with E-state index in [1.165, 1.54) is 0 Å². The van der Waals surface area contributed by atoms with Gasteiger partial charge in [0.25, 0.3) is 0 Å². The van der Waals surface area contributed by atoms with Crippen molar-refractivity contribution in [2.45, 2.75) is 67.2 Å². The molecule has 110 valence electrons. The third-order valence-corrected chi connectivity index (χ3v) is 4.12. The second-order valence-corrected chi connectivity index (χ2v) is 5.93. The topological polar surface area (TPSA) is 0 Å². The van der Waals surface area contributed by atoms with Crippen LogP contribution < -0.4 is 0 Å². The fraction of sp³-hybridized carbons (Fsp3) is 0.700. The van der Waals surface area contributed by atoms with Crippen molar-refractivity contribution in [2.24, 2.45) is 23.7 Å². The van der Waals surface area contributed by atoms with E-state index in [0.29, 0.717) is 11.8 Å². The van der Waals surface area contributed by atoms with Crippen LogP contribution in [0.5, 0.6) is 0 Å². The lowest BCUT2D eigenvalue weighted by Gasteiger charge is -2.17. The van der Waals surface area contributed by atoms with Crippen molar-refractivity contribution in [3.63, 3.8) is 0 Å². The van der Waals surface area contributed by atoms with Gasteiger partial charge in [0.2, 0.25) is 0 Å². The van der Waals surface area contributed by atoms with E-state index >= 15 is 0 Å². The highest BCUT2D eigenvalue weighted by Gasteiger charge is 2.11. The Morgan fingerprint density at radius 1 is 0.850 bits per heavy atom. The van der Waals surface area contributed by atoms with E-state index in [1.807, 2.05) is 13.8 Å². The molecule has 0 aromatic carbocycles. The molecule has 1 aliphatic rings. The van der Waals surface area contributed by atoms with Crippen molar-refractivity contribution in [1.29, 1.82) is 0 Å². The van der Waals surface area contributed by atoms with Gasteiger partial charge in [0.15, 0.2) is 0 Å². The van der Waals surface area contributed by atoms with Gasteiger partial charge in [0.1, 0.15) is 0 Å². The van der Waals surface area contributed by atoms with Crippen LogP contribution in [0, 0.1) is 59.2 Å². The van der Waals surface area contributed by atoms with Crippen LogP contribution in [0.15, 0.2) is 0 Å². The predicted molar refractivity (Wildman–Crippen MR) is 89.8 cm³/mol. The summed E-state index contributed by atoms with van der Waals surface area (Å²) in [5.41, 5.74) is 0. The third kappa shape index (κ3) is 8.73. The van der Waals surface area contributed by atoms with Gasteiger partial charge in [-0.05, 0) is 37.5 Å². The molecule has 0 heteroatoms. The molecule has 0 nitrogen and oxygen atoms in total. The van der Waals surface area contributed by atoms with Crippen LogP contribution in [-0.4, -0.2) is 0 Å². The Labute approximate surface area is 127 Å². The number of hydrogen-bond acceptors (Lipinski definition) is 0. The molecular weight excluding hydrogens is 240 g/mol. The Bertz CT molecular complexity index is 384. The van der Waals surface area contributed by atoms with Crippen LogP contribution in [0.4, 0.5) is 0 Å². The zero-order valence-corrected chi connectivity index (χ0v) is 14.1. The fourth-order valence-electron chi connectivity index (χ4n) is 1.80. The summed E-state index contributed by atoms with van der Waals surface area (Å²) < 4.78 is 0. The standard InChI is InChI=1S/C12H18.C8H12/c1-5-7-9-11(3)12(4)10-8-6-2;1-7-5-3-4-6-8(7)2/h11-12H,9-10H2,1-4H3;7-8H,5-6H2,1-2H3. The first kappa shape index (κ1) is 18.7. The average molecular weight is 270 g/mol. The van der Waals surface area contributed by atoms with Gasteiger partial charge >= 0.3 is 0 Å². The van der Waals surface area contributed by atoms with E-state index < -0.39 is 0 Å². The second kappa shape index (κ2) is 11.5. The van der Waals surface area contributed by atoms with Gasteiger partial charge in [-0.3, -0.25) is 0 Å². The van der Waals surface area contributed by atoms with Crippen LogP contribution in [0.3, 0.4) is 0 Å². The van der Waals surface area contributed by atoms with Gasteiger partial charge in [-0.15, -0.1) is 35.5 Å². The van der Waals surface area contributed by atoms with E-state index in [4.69, 9.17) is 0 Å². The Balaban J connectivity index is 0.000000388. The fourth-order valence-corrected chi connectivity index (χ4v) is 1.80. The minimum absolute atomic E-state index is 0.665. The van der Waals surface area contributed by atoms with E-state index in [1.54, 1.807) is 0 Å². The number of hydrogen-bond donors (Lipinski definition) is 0. The maximum Gasteiger partial charge on any atom is 0.0117 e. The molecule has 1 rings (SSSR count). The lowest BCUT2D eigenvalue weighted by Crippen LogP contribution is -2.08. The van der Waals surface area contributed by atoms with E-state index in [-0.39, 0.29) is 0 Å². The largest absolute Gasteiger partial charge is 0.107 e. The summed E-state index contributed by atoms with van der Waals surface area (Å²) in [6.07, 6.45) is 4.23. The molecular formula is C20H30. The highest BCUT2D eigenvalue weighted by Crippen LogP contribution is 2.20. The minimum Gasteiger partial charge on any atom is -0.107 e. The average Bonchev–Trinajstić information content (AvgIpc) is 2.46. The first-order valence-corrected chi connectivity index (χ1v) is 7.77. The summed E-state index contributed by atoms with van der Waals surface area (Å²) in [6.45, 7) is 12.8. The molecule has 4 atom stereocenters. The van der Waals surface area contributed by atoms with Crippen LogP contribution >= 0.6 is 0 Å². The Morgan fingerprint density at radius 3 is 1.45 bits per heavy atom. The van der Waals surface area contributed by atoms with Gasteiger partial charge < -0.3 is 0 Å². The molecule has 0 aliphatic heterocycles.